The molecule has 140 valence electrons. The van der Waals surface area contributed by atoms with Crippen LogP contribution < -0.4 is 4.90 Å². The molecule has 1 heterocycles. The van der Waals surface area contributed by atoms with E-state index in [1.807, 2.05) is 42.5 Å². The highest BCUT2D eigenvalue weighted by Crippen LogP contribution is 2.43. The van der Waals surface area contributed by atoms with Crippen molar-refractivity contribution in [3.8, 4) is 0 Å². The summed E-state index contributed by atoms with van der Waals surface area (Å²) in [4.78, 5) is 27.6. The van der Waals surface area contributed by atoms with Gasteiger partial charge in [-0.2, -0.15) is 0 Å². The van der Waals surface area contributed by atoms with Gasteiger partial charge >= 0.3 is 0 Å². The van der Waals surface area contributed by atoms with E-state index in [0.717, 1.165) is 10.0 Å². The van der Waals surface area contributed by atoms with Crippen LogP contribution in [-0.4, -0.2) is 16.8 Å². The van der Waals surface area contributed by atoms with Gasteiger partial charge in [0.05, 0.1) is 18.7 Å². The molecule has 0 bridgehead atoms. The number of amides is 1. The number of hydrogen-bond acceptors (Lipinski definition) is 3. The summed E-state index contributed by atoms with van der Waals surface area (Å²) in [7, 11) is 0. The molecule has 3 aromatic carbocycles. The Hall–Kier alpha value is -2.76. The lowest BCUT2D eigenvalue weighted by atomic mass is 9.88. The highest BCUT2D eigenvalue weighted by atomic mass is 79.9. The summed E-state index contributed by atoms with van der Waals surface area (Å²) in [6.45, 7) is 0.337. The summed E-state index contributed by atoms with van der Waals surface area (Å²) in [5.74, 6) is -0.755. The Balaban J connectivity index is 1.68. The average molecular weight is 436 g/mol. The molecule has 1 aliphatic rings. The van der Waals surface area contributed by atoms with Gasteiger partial charge in [0.1, 0.15) is 0 Å². The molecule has 5 heteroatoms. The van der Waals surface area contributed by atoms with Crippen LogP contribution >= 0.6 is 15.9 Å². The van der Waals surface area contributed by atoms with Gasteiger partial charge in [-0.25, -0.2) is 0 Å². The molecule has 3 aromatic rings. The van der Waals surface area contributed by atoms with Crippen molar-refractivity contribution in [2.75, 3.05) is 4.90 Å². The van der Waals surface area contributed by atoms with E-state index in [2.05, 4.69) is 15.9 Å². The first-order valence-corrected chi connectivity index (χ1v) is 9.75. The summed E-state index contributed by atoms with van der Waals surface area (Å²) in [5.41, 5.74) is 0.646. The molecule has 1 unspecified atom stereocenters. The Morgan fingerprint density at radius 3 is 2.43 bits per heavy atom. The zero-order chi connectivity index (χ0) is 19.7. The summed E-state index contributed by atoms with van der Waals surface area (Å²) in [6.07, 6.45) is -0.301. The molecule has 0 fully saturated rings. The van der Waals surface area contributed by atoms with Gasteiger partial charge < -0.3 is 10.0 Å². The third-order valence-corrected chi connectivity index (χ3v) is 5.48. The number of ketones is 1. The van der Waals surface area contributed by atoms with E-state index < -0.39 is 11.5 Å². The smallest absolute Gasteiger partial charge is 0.264 e. The first-order valence-electron chi connectivity index (χ1n) is 8.95. The van der Waals surface area contributed by atoms with Gasteiger partial charge in [-0.15, -0.1) is 0 Å². The first-order chi connectivity index (χ1) is 13.5. The number of anilines is 1. The molecule has 0 radical (unpaired) electrons. The van der Waals surface area contributed by atoms with Crippen molar-refractivity contribution >= 4 is 33.3 Å². The van der Waals surface area contributed by atoms with Crippen molar-refractivity contribution < 1.29 is 14.7 Å². The SMILES string of the molecule is O=C(CC1(O)C(=O)N(Cc2ccccc2)c2ccccc21)c1cccc(Br)c1. The number of nitrogens with zero attached hydrogens (tertiary/aromatic N) is 1. The fourth-order valence-electron chi connectivity index (χ4n) is 3.60. The molecule has 0 aliphatic carbocycles. The van der Waals surface area contributed by atoms with Crippen LogP contribution in [0.25, 0.3) is 0 Å². The normalized spacial score (nSPS) is 18.2. The molecule has 1 atom stereocenters. The Morgan fingerprint density at radius 1 is 0.964 bits per heavy atom. The van der Waals surface area contributed by atoms with Gasteiger partial charge in [-0.05, 0) is 23.8 Å². The summed E-state index contributed by atoms with van der Waals surface area (Å²) >= 11 is 3.35. The molecule has 1 aliphatic heterocycles. The van der Waals surface area contributed by atoms with E-state index in [0.29, 0.717) is 23.4 Å². The van der Waals surface area contributed by atoms with Gasteiger partial charge in [0.15, 0.2) is 11.4 Å². The lowest BCUT2D eigenvalue weighted by Crippen LogP contribution is -2.41. The maximum Gasteiger partial charge on any atom is 0.264 e. The number of hydrogen-bond donors (Lipinski definition) is 1. The number of para-hydroxylation sites is 1. The van der Waals surface area contributed by atoms with E-state index in [-0.39, 0.29) is 12.2 Å². The Bertz CT molecular complexity index is 1050. The summed E-state index contributed by atoms with van der Waals surface area (Å²) < 4.78 is 0.772. The molecule has 0 saturated carbocycles. The number of carbonyl (C=O) groups excluding carboxylic acids is 2. The van der Waals surface area contributed by atoms with E-state index in [9.17, 15) is 14.7 Å². The first kappa shape index (κ1) is 18.6. The fourth-order valence-corrected chi connectivity index (χ4v) is 4.00. The highest BCUT2D eigenvalue weighted by molar-refractivity contribution is 9.10. The molecule has 0 spiro atoms. The molecule has 0 saturated heterocycles. The molecule has 4 rings (SSSR count). The van der Waals surface area contributed by atoms with Crippen molar-refractivity contribution in [1.82, 2.24) is 0 Å². The predicted octanol–water partition coefficient (Wildman–Crippen LogP) is 4.46. The van der Waals surface area contributed by atoms with Crippen LogP contribution in [0.1, 0.15) is 27.9 Å². The van der Waals surface area contributed by atoms with Crippen molar-refractivity contribution in [2.45, 2.75) is 18.6 Å². The van der Waals surface area contributed by atoms with Crippen LogP contribution in [-0.2, 0) is 16.9 Å². The minimum atomic E-state index is -1.87. The number of carbonyl (C=O) groups is 2. The number of Topliss-reactive ketones (excluding diaryl/α,β-unsaturated/α-hetero) is 1. The molecule has 1 N–H and O–H groups in total. The Morgan fingerprint density at radius 2 is 1.68 bits per heavy atom. The Labute approximate surface area is 171 Å². The van der Waals surface area contributed by atoms with E-state index in [1.54, 1.807) is 41.3 Å². The van der Waals surface area contributed by atoms with Crippen LogP contribution in [0.3, 0.4) is 0 Å². The molecule has 1 amide bonds. The zero-order valence-corrected chi connectivity index (χ0v) is 16.6. The van der Waals surface area contributed by atoms with E-state index in [4.69, 9.17) is 0 Å². The quantitative estimate of drug-likeness (QED) is 0.601. The third-order valence-electron chi connectivity index (χ3n) is 4.99. The molecule has 0 aromatic heterocycles. The number of aliphatic hydroxyl groups is 1. The maximum absolute atomic E-state index is 13.2. The van der Waals surface area contributed by atoms with Gasteiger partial charge in [-0.3, -0.25) is 9.59 Å². The Kier molecular flexibility index (Phi) is 4.87. The van der Waals surface area contributed by atoms with E-state index >= 15 is 0 Å². The highest BCUT2D eigenvalue weighted by Gasteiger charge is 2.50. The van der Waals surface area contributed by atoms with E-state index in [1.165, 1.54) is 0 Å². The van der Waals surface area contributed by atoms with Crippen molar-refractivity contribution in [1.29, 1.82) is 0 Å². The second-order valence-electron chi connectivity index (χ2n) is 6.86. The van der Waals surface area contributed by atoms with Crippen LogP contribution in [0, 0.1) is 0 Å². The fraction of sp³-hybridized carbons (Fsp3) is 0.130. The molecule has 4 nitrogen and oxygen atoms in total. The lowest BCUT2D eigenvalue weighted by molar-refractivity contribution is -0.136. The summed E-state index contributed by atoms with van der Waals surface area (Å²) in [6, 6.07) is 23.7. The van der Waals surface area contributed by atoms with Gasteiger partial charge in [0, 0.05) is 15.6 Å². The maximum atomic E-state index is 13.2. The minimum absolute atomic E-state index is 0.284. The standard InChI is InChI=1S/C23H18BrNO3/c24-18-10-6-9-17(13-18)21(26)14-23(28)19-11-4-5-12-20(19)25(22(23)27)15-16-7-2-1-3-8-16/h1-13,28H,14-15H2. The van der Waals surface area contributed by atoms with Crippen LogP contribution in [0.2, 0.25) is 0 Å². The second kappa shape index (κ2) is 7.34. The number of fused-ring (bicyclic) bond motifs is 1. The van der Waals surface area contributed by atoms with Gasteiger partial charge in [0.2, 0.25) is 0 Å². The van der Waals surface area contributed by atoms with Crippen LogP contribution in [0.5, 0.6) is 0 Å². The minimum Gasteiger partial charge on any atom is -0.375 e. The van der Waals surface area contributed by atoms with Gasteiger partial charge in [-0.1, -0.05) is 76.6 Å². The number of benzene rings is 3. The van der Waals surface area contributed by atoms with Crippen LogP contribution in [0.4, 0.5) is 5.69 Å². The van der Waals surface area contributed by atoms with Gasteiger partial charge in [0.25, 0.3) is 5.91 Å². The zero-order valence-electron chi connectivity index (χ0n) is 15.0. The molecule has 28 heavy (non-hydrogen) atoms. The third kappa shape index (κ3) is 3.28. The van der Waals surface area contributed by atoms with Crippen molar-refractivity contribution in [3.63, 3.8) is 0 Å². The van der Waals surface area contributed by atoms with Crippen molar-refractivity contribution in [3.05, 3.63) is 100 Å². The number of halogens is 1. The average Bonchev–Trinajstić information content (AvgIpc) is 2.91. The predicted molar refractivity (Wildman–Crippen MR) is 111 cm³/mol. The topological polar surface area (TPSA) is 57.6 Å². The monoisotopic (exact) mass is 435 g/mol. The second-order valence-corrected chi connectivity index (χ2v) is 7.78. The van der Waals surface area contributed by atoms with Crippen molar-refractivity contribution in [2.24, 2.45) is 0 Å². The summed E-state index contributed by atoms with van der Waals surface area (Å²) in [5, 5.41) is 11.3. The lowest BCUT2D eigenvalue weighted by Gasteiger charge is -2.23. The molecular weight excluding hydrogens is 418 g/mol. The largest absolute Gasteiger partial charge is 0.375 e. The number of rotatable bonds is 5. The van der Waals surface area contributed by atoms with Crippen LogP contribution in [0.15, 0.2) is 83.3 Å². The molecular formula is C23H18BrNO3.